The minimum absolute atomic E-state index is 0.0754. The first-order valence-corrected chi connectivity index (χ1v) is 8.49. The lowest BCUT2D eigenvalue weighted by atomic mass is 10.2. The summed E-state index contributed by atoms with van der Waals surface area (Å²) in [6.45, 7) is 1.83. The zero-order valence-electron chi connectivity index (χ0n) is 13.0. The number of carbonyl (C=O) groups excluding carboxylic acids is 1. The molecule has 1 atom stereocenters. The number of aryl methyl sites for hydroxylation is 1. The van der Waals surface area contributed by atoms with E-state index in [1.807, 2.05) is 17.5 Å². The minimum Gasteiger partial charge on any atom is -0.376 e. The summed E-state index contributed by atoms with van der Waals surface area (Å²) in [7, 11) is 1.54. The van der Waals surface area contributed by atoms with E-state index in [1.54, 1.807) is 23.3 Å². The number of ether oxygens (including phenoxy) is 1. The van der Waals surface area contributed by atoms with Crippen LogP contribution in [0.2, 0.25) is 0 Å². The van der Waals surface area contributed by atoms with Crippen LogP contribution in [0.15, 0.2) is 34.4 Å². The molecule has 0 N–H and O–H groups in total. The minimum atomic E-state index is -0.231. The summed E-state index contributed by atoms with van der Waals surface area (Å²) in [5, 5.41) is 6.07. The molecule has 0 spiro atoms. The van der Waals surface area contributed by atoms with Gasteiger partial charge >= 0.3 is 0 Å². The van der Waals surface area contributed by atoms with Crippen LogP contribution in [0.1, 0.15) is 28.2 Å². The van der Waals surface area contributed by atoms with Crippen molar-refractivity contribution >= 4 is 17.2 Å². The number of rotatable bonds is 5. The second-order valence-electron chi connectivity index (χ2n) is 5.58. The van der Waals surface area contributed by atoms with Crippen LogP contribution in [0.25, 0.3) is 0 Å². The maximum Gasteiger partial charge on any atom is 0.274 e. The Morgan fingerprint density at radius 3 is 3.00 bits per heavy atom. The van der Waals surface area contributed by atoms with Crippen LogP contribution in [0.4, 0.5) is 0 Å². The van der Waals surface area contributed by atoms with E-state index < -0.39 is 0 Å². The Morgan fingerprint density at radius 1 is 1.48 bits per heavy atom. The maximum absolute atomic E-state index is 12.8. The second kappa shape index (κ2) is 7.06. The molecular weight excluding hydrogens is 314 g/mol. The van der Waals surface area contributed by atoms with Crippen molar-refractivity contribution in [3.63, 3.8) is 0 Å². The van der Waals surface area contributed by atoms with E-state index in [9.17, 15) is 9.59 Å². The highest BCUT2D eigenvalue weighted by Gasteiger charge is 2.25. The molecule has 2 aromatic heterocycles. The molecule has 0 aromatic carbocycles. The standard InChI is InChI=1S/C16H19N3O3S/c1-18-15(20)7-6-14(17-18)16(21)19(10-12-4-2-8-22-12)11-13-5-3-9-23-13/h3,5-7,9,12H,2,4,8,10-11H2,1H3. The van der Waals surface area contributed by atoms with Crippen LogP contribution < -0.4 is 5.56 Å². The molecule has 122 valence electrons. The van der Waals surface area contributed by atoms with Gasteiger partial charge in [-0.05, 0) is 30.4 Å². The third-order valence-corrected chi connectivity index (χ3v) is 4.70. The van der Waals surface area contributed by atoms with E-state index in [4.69, 9.17) is 4.74 Å². The summed E-state index contributed by atoms with van der Waals surface area (Å²) in [6.07, 6.45) is 2.07. The van der Waals surface area contributed by atoms with E-state index in [2.05, 4.69) is 5.10 Å². The highest BCUT2D eigenvalue weighted by Crippen LogP contribution is 2.18. The fourth-order valence-corrected chi connectivity index (χ4v) is 3.34. The number of thiophene rings is 1. The fourth-order valence-electron chi connectivity index (χ4n) is 2.62. The Morgan fingerprint density at radius 2 is 2.35 bits per heavy atom. The molecule has 1 aliphatic heterocycles. The molecule has 1 fully saturated rings. The fraction of sp³-hybridized carbons (Fsp3) is 0.438. The summed E-state index contributed by atoms with van der Waals surface area (Å²) in [5.74, 6) is -0.176. The molecule has 1 saturated heterocycles. The second-order valence-corrected chi connectivity index (χ2v) is 6.61. The van der Waals surface area contributed by atoms with Gasteiger partial charge in [0.1, 0.15) is 5.69 Å². The highest BCUT2D eigenvalue weighted by molar-refractivity contribution is 7.09. The molecule has 0 aliphatic carbocycles. The Kier molecular flexibility index (Phi) is 4.88. The van der Waals surface area contributed by atoms with Crippen molar-refractivity contribution in [1.29, 1.82) is 0 Å². The molecule has 3 heterocycles. The van der Waals surface area contributed by atoms with Gasteiger partial charge in [-0.15, -0.1) is 11.3 Å². The number of nitrogens with zero attached hydrogens (tertiary/aromatic N) is 3. The van der Waals surface area contributed by atoms with Crippen LogP contribution in [0, 0.1) is 0 Å². The first-order chi connectivity index (χ1) is 11.1. The van der Waals surface area contributed by atoms with E-state index in [-0.39, 0.29) is 23.3 Å². The van der Waals surface area contributed by atoms with Gasteiger partial charge in [0.2, 0.25) is 0 Å². The predicted octanol–water partition coefficient (Wildman–Crippen LogP) is 1.66. The van der Waals surface area contributed by atoms with Crippen LogP contribution in [0.3, 0.4) is 0 Å². The van der Waals surface area contributed by atoms with Crippen LogP contribution >= 0.6 is 11.3 Å². The first kappa shape index (κ1) is 15.9. The zero-order valence-corrected chi connectivity index (χ0v) is 13.8. The van der Waals surface area contributed by atoms with Crippen LogP contribution in [-0.2, 0) is 18.3 Å². The topological polar surface area (TPSA) is 64.4 Å². The molecule has 1 unspecified atom stereocenters. The number of hydrogen-bond acceptors (Lipinski definition) is 5. The van der Waals surface area contributed by atoms with Gasteiger partial charge in [-0.1, -0.05) is 6.07 Å². The molecule has 7 heteroatoms. The number of carbonyl (C=O) groups is 1. The SMILES string of the molecule is Cn1nc(C(=O)N(Cc2cccs2)CC2CCCO2)ccc1=O. The number of amides is 1. The van der Waals surface area contributed by atoms with Gasteiger partial charge in [0.25, 0.3) is 11.5 Å². The van der Waals surface area contributed by atoms with Gasteiger partial charge in [-0.3, -0.25) is 9.59 Å². The summed E-state index contributed by atoms with van der Waals surface area (Å²) in [5.41, 5.74) is 0.0483. The summed E-state index contributed by atoms with van der Waals surface area (Å²) >= 11 is 1.62. The molecule has 1 aliphatic rings. The lowest BCUT2D eigenvalue weighted by molar-refractivity contribution is 0.0503. The lowest BCUT2D eigenvalue weighted by Crippen LogP contribution is -2.38. The average Bonchev–Trinajstić information content (AvgIpc) is 3.22. The van der Waals surface area contributed by atoms with E-state index in [0.29, 0.717) is 13.1 Å². The third-order valence-electron chi connectivity index (χ3n) is 3.84. The van der Waals surface area contributed by atoms with Gasteiger partial charge in [0.05, 0.1) is 12.6 Å². The Balaban J connectivity index is 1.81. The van der Waals surface area contributed by atoms with Crippen molar-refractivity contribution in [2.24, 2.45) is 7.05 Å². The van der Waals surface area contributed by atoms with Gasteiger partial charge in [0, 0.05) is 31.1 Å². The van der Waals surface area contributed by atoms with Crippen LogP contribution in [-0.4, -0.2) is 39.8 Å². The molecule has 0 saturated carbocycles. The highest BCUT2D eigenvalue weighted by atomic mass is 32.1. The quantitative estimate of drug-likeness (QED) is 0.835. The van der Waals surface area contributed by atoms with Gasteiger partial charge in [-0.25, -0.2) is 4.68 Å². The number of aromatic nitrogens is 2. The van der Waals surface area contributed by atoms with E-state index in [0.717, 1.165) is 24.3 Å². The third kappa shape index (κ3) is 3.86. The van der Waals surface area contributed by atoms with E-state index >= 15 is 0 Å². The summed E-state index contributed by atoms with van der Waals surface area (Å²) < 4.78 is 6.85. The molecular formula is C16H19N3O3S. The monoisotopic (exact) mass is 333 g/mol. The summed E-state index contributed by atoms with van der Waals surface area (Å²) in [6, 6.07) is 6.84. The Hall–Kier alpha value is -1.99. The predicted molar refractivity (Wildman–Crippen MR) is 87.5 cm³/mol. The maximum atomic E-state index is 12.8. The lowest BCUT2D eigenvalue weighted by Gasteiger charge is -2.24. The Labute approximate surface area is 138 Å². The van der Waals surface area contributed by atoms with Crippen molar-refractivity contribution < 1.29 is 9.53 Å². The van der Waals surface area contributed by atoms with Crippen molar-refractivity contribution in [2.45, 2.75) is 25.5 Å². The van der Waals surface area contributed by atoms with Crippen molar-refractivity contribution in [3.8, 4) is 0 Å². The molecule has 0 radical (unpaired) electrons. The molecule has 0 bridgehead atoms. The average molecular weight is 333 g/mol. The molecule has 3 rings (SSSR count). The molecule has 2 aromatic rings. The molecule has 1 amide bonds. The number of hydrogen-bond donors (Lipinski definition) is 0. The van der Waals surface area contributed by atoms with Crippen molar-refractivity contribution in [1.82, 2.24) is 14.7 Å². The largest absolute Gasteiger partial charge is 0.376 e. The van der Waals surface area contributed by atoms with E-state index in [1.165, 1.54) is 16.8 Å². The van der Waals surface area contributed by atoms with Gasteiger partial charge in [-0.2, -0.15) is 5.10 Å². The zero-order chi connectivity index (χ0) is 16.2. The smallest absolute Gasteiger partial charge is 0.274 e. The van der Waals surface area contributed by atoms with Gasteiger partial charge in [0.15, 0.2) is 0 Å². The van der Waals surface area contributed by atoms with Gasteiger partial charge < -0.3 is 9.64 Å². The molecule has 23 heavy (non-hydrogen) atoms. The Bertz CT molecular complexity index is 720. The molecule has 6 nitrogen and oxygen atoms in total. The van der Waals surface area contributed by atoms with Crippen molar-refractivity contribution in [3.05, 3.63) is 50.6 Å². The first-order valence-electron chi connectivity index (χ1n) is 7.61. The normalized spacial score (nSPS) is 17.3. The van der Waals surface area contributed by atoms with Crippen molar-refractivity contribution in [2.75, 3.05) is 13.2 Å². The summed E-state index contributed by atoms with van der Waals surface area (Å²) in [4.78, 5) is 27.1. The van der Waals surface area contributed by atoms with Crippen LogP contribution in [0.5, 0.6) is 0 Å².